The van der Waals surface area contributed by atoms with Gasteiger partial charge in [-0.05, 0) is 55.9 Å². The predicted molar refractivity (Wildman–Crippen MR) is 69.3 cm³/mol. The van der Waals surface area contributed by atoms with Crippen LogP contribution in [0.25, 0.3) is 0 Å². The molecule has 0 aromatic heterocycles. The lowest BCUT2D eigenvalue weighted by Gasteiger charge is -2.11. The molecule has 1 aromatic rings. The maximum absolute atomic E-state index is 5.55. The Morgan fingerprint density at radius 1 is 1.35 bits per heavy atom. The van der Waals surface area contributed by atoms with Crippen LogP contribution in [0.5, 0.6) is 0 Å². The number of rotatable bonds is 6. The van der Waals surface area contributed by atoms with Crippen molar-refractivity contribution >= 4 is 0 Å². The van der Waals surface area contributed by atoms with E-state index in [-0.39, 0.29) is 0 Å². The maximum atomic E-state index is 5.55. The molecule has 1 unspecified atom stereocenters. The largest absolute Gasteiger partial charge is 0.379 e. The summed E-state index contributed by atoms with van der Waals surface area (Å²) >= 11 is 0. The van der Waals surface area contributed by atoms with Crippen LogP contribution in [0.3, 0.4) is 0 Å². The van der Waals surface area contributed by atoms with Gasteiger partial charge in [0.1, 0.15) is 6.10 Å². The molecule has 1 aromatic carbocycles. The summed E-state index contributed by atoms with van der Waals surface area (Å²) in [6.07, 6.45) is 2.54. The van der Waals surface area contributed by atoms with Gasteiger partial charge in [0.05, 0.1) is 13.2 Å². The van der Waals surface area contributed by atoms with Gasteiger partial charge in [0.15, 0.2) is 0 Å². The van der Waals surface area contributed by atoms with E-state index in [0.29, 0.717) is 6.10 Å². The monoisotopic (exact) mass is 233 g/mol. The number of epoxide rings is 1. The summed E-state index contributed by atoms with van der Waals surface area (Å²) in [5.41, 5.74) is 5.25. The van der Waals surface area contributed by atoms with Crippen molar-refractivity contribution in [1.82, 2.24) is 0 Å². The highest BCUT2D eigenvalue weighted by atomic mass is 16.6. The Morgan fingerprint density at radius 3 is 2.59 bits per heavy atom. The zero-order valence-electron chi connectivity index (χ0n) is 10.8. The standard InChI is InChI=1S/C15H21O2/c1-11-7-12(2)15(13(3)8-11)5-4-6-16-9-14-10-17-14/h7-8,14H,1,4-6,9-10H2,2-3H3. The molecule has 17 heavy (non-hydrogen) atoms. The molecule has 0 saturated carbocycles. The Labute approximate surface area is 104 Å². The van der Waals surface area contributed by atoms with Crippen molar-refractivity contribution in [3.05, 3.63) is 41.3 Å². The molecular weight excluding hydrogens is 212 g/mol. The fraction of sp³-hybridized carbons (Fsp3) is 0.533. The van der Waals surface area contributed by atoms with Crippen molar-refractivity contribution in [2.24, 2.45) is 0 Å². The van der Waals surface area contributed by atoms with Crippen LogP contribution in [-0.4, -0.2) is 25.9 Å². The van der Waals surface area contributed by atoms with Gasteiger partial charge in [-0.3, -0.25) is 0 Å². The van der Waals surface area contributed by atoms with E-state index >= 15 is 0 Å². The van der Waals surface area contributed by atoms with Gasteiger partial charge in [-0.25, -0.2) is 0 Å². The number of aryl methyl sites for hydroxylation is 2. The van der Waals surface area contributed by atoms with E-state index in [4.69, 9.17) is 9.47 Å². The molecule has 1 fully saturated rings. The van der Waals surface area contributed by atoms with E-state index in [2.05, 4.69) is 32.9 Å². The van der Waals surface area contributed by atoms with E-state index in [0.717, 1.165) is 38.2 Å². The Balaban J connectivity index is 1.77. The summed E-state index contributed by atoms with van der Waals surface area (Å²) in [6, 6.07) is 4.31. The molecule has 1 aliphatic heterocycles. The smallest absolute Gasteiger partial charge is 0.104 e. The fourth-order valence-electron chi connectivity index (χ4n) is 2.21. The maximum Gasteiger partial charge on any atom is 0.104 e. The first-order chi connectivity index (χ1) is 8.16. The van der Waals surface area contributed by atoms with Crippen LogP contribution in [0.2, 0.25) is 0 Å². The zero-order chi connectivity index (χ0) is 12.3. The molecule has 93 valence electrons. The molecule has 2 nitrogen and oxygen atoms in total. The summed E-state index contributed by atoms with van der Waals surface area (Å²) in [5, 5.41) is 0. The van der Waals surface area contributed by atoms with E-state index in [1.54, 1.807) is 0 Å². The Bertz CT molecular complexity index is 358. The van der Waals surface area contributed by atoms with Crippen molar-refractivity contribution in [3.63, 3.8) is 0 Å². The lowest BCUT2D eigenvalue weighted by Crippen LogP contribution is -2.04. The van der Waals surface area contributed by atoms with Crippen molar-refractivity contribution < 1.29 is 9.47 Å². The quantitative estimate of drug-likeness (QED) is 0.556. The Morgan fingerprint density at radius 2 is 2.00 bits per heavy atom. The third-order valence-electron chi connectivity index (χ3n) is 3.18. The van der Waals surface area contributed by atoms with Crippen LogP contribution in [-0.2, 0) is 15.9 Å². The predicted octanol–water partition coefficient (Wildman–Crippen LogP) is 2.83. The lowest BCUT2D eigenvalue weighted by molar-refractivity contribution is 0.114. The average molecular weight is 233 g/mol. The molecule has 1 heterocycles. The highest BCUT2D eigenvalue weighted by Gasteiger charge is 2.21. The molecule has 1 saturated heterocycles. The molecule has 0 N–H and O–H groups in total. The molecule has 1 radical (unpaired) electrons. The third kappa shape index (κ3) is 3.83. The van der Waals surface area contributed by atoms with Crippen LogP contribution in [0.15, 0.2) is 12.1 Å². The number of hydrogen-bond acceptors (Lipinski definition) is 2. The van der Waals surface area contributed by atoms with E-state index in [1.165, 1.54) is 16.7 Å². The lowest BCUT2D eigenvalue weighted by atomic mass is 9.96. The van der Waals surface area contributed by atoms with Crippen LogP contribution in [0.4, 0.5) is 0 Å². The third-order valence-corrected chi connectivity index (χ3v) is 3.18. The molecule has 0 amide bonds. The van der Waals surface area contributed by atoms with Gasteiger partial charge in [-0.1, -0.05) is 12.1 Å². The van der Waals surface area contributed by atoms with Crippen molar-refractivity contribution in [2.75, 3.05) is 19.8 Å². The average Bonchev–Trinajstić information content (AvgIpc) is 3.04. The minimum atomic E-state index is 0.379. The van der Waals surface area contributed by atoms with Crippen LogP contribution < -0.4 is 0 Å². The molecule has 1 aliphatic rings. The second-order valence-electron chi connectivity index (χ2n) is 4.84. The number of hydrogen-bond donors (Lipinski definition) is 0. The number of benzene rings is 1. The first-order valence-electron chi connectivity index (χ1n) is 6.28. The summed E-state index contributed by atoms with van der Waals surface area (Å²) < 4.78 is 10.6. The van der Waals surface area contributed by atoms with Gasteiger partial charge in [0.25, 0.3) is 0 Å². The molecule has 0 bridgehead atoms. The second-order valence-corrected chi connectivity index (χ2v) is 4.84. The normalized spacial score (nSPS) is 18.4. The van der Waals surface area contributed by atoms with Crippen molar-refractivity contribution in [1.29, 1.82) is 0 Å². The minimum absolute atomic E-state index is 0.379. The topological polar surface area (TPSA) is 21.8 Å². The first-order valence-corrected chi connectivity index (χ1v) is 6.28. The van der Waals surface area contributed by atoms with Gasteiger partial charge in [-0.15, -0.1) is 0 Å². The Kier molecular flexibility index (Phi) is 4.19. The molecular formula is C15H21O2. The SMILES string of the molecule is [CH2]c1cc(C)c(CCCOCC2CO2)c(C)c1. The molecule has 2 rings (SSSR count). The summed E-state index contributed by atoms with van der Waals surface area (Å²) in [5.74, 6) is 0. The molecule has 2 heteroatoms. The fourth-order valence-corrected chi connectivity index (χ4v) is 2.21. The molecule has 0 aliphatic carbocycles. The van der Waals surface area contributed by atoms with Crippen molar-refractivity contribution in [3.8, 4) is 0 Å². The van der Waals surface area contributed by atoms with Crippen molar-refractivity contribution in [2.45, 2.75) is 32.8 Å². The van der Waals surface area contributed by atoms with Crippen LogP contribution >= 0.6 is 0 Å². The second kappa shape index (κ2) is 5.65. The minimum Gasteiger partial charge on any atom is -0.379 e. The molecule has 1 atom stereocenters. The van der Waals surface area contributed by atoms with E-state index in [1.807, 2.05) is 0 Å². The first kappa shape index (κ1) is 12.6. The van der Waals surface area contributed by atoms with Gasteiger partial charge in [-0.2, -0.15) is 0 Å². The highest BCUT2D eigenvalue weighted by molar-refractivity contribution is 5.39. The molecule has 0 spiro atoms. The van der Waals surface area contributed by atoms with Crippen LogP contribution in [0, 0.1) is 20.8 Å². The summed E-state index contributed by atoms with van der Waals surface area (Å²) in [7, 11) is 0. The zero-order valence-corrected chi connectivity index (χ0v) is 10.8. The van der Waals surface area contributed by atoms with Crippen LogP contribution in [0.1, 0.15) is 28.7 Å². The Hall–Kier alpha value is -0.860. The van der Waals surface area contributed by atoms with Gasteiger partial charge in [0.2, 0.25) is 0 Å². The van der Waals surface area contributed by atoms with Gasteiger partial charge < -0.3 is 9.47 Å². The van der Waals surface area contributed by atoms with Gasteiger partial charge >= 0.3 is 0 Å². The summed E-state index contributed by atoms with van der Waals surface area (Å²) in [6.45, 7) is 10.8. The van der Waals surface area contributed by atoms with E-state index in [9.17, 15) is 0 Å². The van der Waals surface area contributed by atoms with E-state index < -0.39 is 0 Å². The highest BCUT2D eigenvalue weighted by Crippen LogP contribution is 2.18. The van der Waals surface area contributed by atoms with Gasteiger partial charge in [0, 0.05) is 6.61 Å². The summed E-state index contributed by atoms with van der Waals surface area (Å²) in [4.78, 5) is 0. The number of ether oxygens (including phenoxy) is 2.